The van der Waals surface area contributed by atoms with Crippen molar-refractivity contribution in [2.45, 2.75) is 12.8 Å². The summed E-state index contributed by atoms with van der Waals surface area (Å²) >= 11 is 5.67. The van der Waals surface area contributed by atoms with Gasteiger partial charge in [0.15, 0.2) is 0 Å². The van der Waals surface area contributed by atoms with Crippen LogP contribution >= 0.6 is 11.6 Å². The highest BCUT2D eigenvalue weighted by Gasteiger charge is 2.23. The third-order valence-electron chi connectivity index (χ3n) is 1.96. The molecule has 1 amide bonds. The number of amides is 1. The molecule has 5 nitrogen and oxygen atoms in total. The fraction of sp³-hybridized carbons (Fsp3) is 0.300. The molecule has 1 aromatic rings. The van der Waals surface area contributed by atoms with E-state index in [0.29, 0.717) is 6.92 Å². The van der Waals surface area contributed by atoms with Crippen molar-refractivity contribution in [3.63, 3.8) is 0 Å². The lowest BCUT2D eigenvalue weighted by Crippen LogP contribution is -2.34. The van der Waals surface area contributed by atoms with Gasteiger partial charge < -0.3 is 5.32 Å². The number of hydrogen-bond donors (Lipinski definition) is 1. The standard InChI is InChI=1S/C10H9ClF2N2O3/c1-10(12,13)5-14-9(16)7-4-6(15(17)18)2-3-8(7)11/h2-4H,5H2,1H3,(H,14,16). The van der Waals surface area contributed by atoms with Crippen LogP contribution in [0.1, 0.15) is 17.3 Å². The number of carbonyl (C=O) groups excluding carboxylic acids is 1. The number of alkyl halides is 2. The van der Waals surface area contributed by atoms with Crippen molar-refractivity contribution in [2.75, 3.05) is 6.54 Å². The molecule has 0 aliphatic carbocycles. The van der Waals surface area contributed by atoms with E-state index >= 15 is 0 Å². The van der Waals surface area contributed by atoms with Crippen LogP contribution in [0.5, 0.6) is 0 Å². The normalized spacial score (nSPS) is 11.1. The zero-order valence-corrected chi connectivity index (χ0v) is 10.0. The molecule has 0 fully saturated rings. The van der Waals surface area contributed by atoms with Gasteiger partial charge in [0, 0.05) is 19.1 Å². The molecule has 0 atom stereocenters. The van der Waals surface area contributed by atoms with E-state index in [-0.39, 0.29) is 16.3 Å². The summed E-state index contributed by atoms with van der Waals surface area (Å²) in [5.41, 5.74) is -0.553. The summed E-state index contributed by atoms with van der Waals surface area (Å²) in [4.78, 5) is 21.3. The van der Waals surface area contributed by atoms with Crippen LogP contribution in [0.4, 0.5) is 14.5 Å². The number of nitro groups is 1. The second kappa shape index (κ2) is 5.26. The maximum atomic E-state index is 12.6. The molecule has 0 heterocycles. The second-order valence-electron chi connectivity index (χ2n) is 3.67. The molecule has 1 N–H and O–H groups in total. The van der Waals surface area contributed by atoms with Crippen molar-refractivity contribution in [3.8, 4) is 0 Å². The molecule has 0 aliphatic heterocycles. The van der Waals surface area contributed by atoms with Gasteiger partial charge in [-0.3, -0.25) is 14.9 Å². The van der Waals surface area contributed by atoms with Crippen molar-refractivity contribution in [1.29, 1.82) is 0 Å². The molecule has 1 rings (SSSR count). The highest BCUT2D eigenvalue weighted by atomic mass is 35.5. The number of rotatable bonds is 4. The number of hydrogen-bond acceptors (Lipinski definition) is 3. The molecule has 0 saturated carbocycles. The average molecular weight is 279 g/mol. The van der Waals surface area contributed by atoms with Crippen LogP contribution in [0, 0.1) is 10.1 Å². The molecular weight excluding hydrogens is 270 g/mol. The lowest BCUT2D eigenvalue weighted by atomic mass is 10.2. The molecule has 0 aliphatic rings. The van der Waals surface area contributed by atoms with Crippen molar-refractivity contribution < 1.29 is 18.5 Å². The molecule has 98 valence electrons. The van der Waals surface area contributed by atoms with Crippen LogP contribution in [-0.4, -0.2) is 23.3 Å². The Kier molecular flexibility index (Phi) is 4.18. The number of halogens is 3. The SMILES string of the molecule is CC(F)(F)CNC(=O)c1cc([N+](=O)[O-])ccc1Cl. The number of non-ortho nitro benzene ring substituents is 1. The van der Waals surface area contributed by atoms with Crippen molar-refractivity contribution >= 4 is 23.2 Å². The van der Waals surface area contributed by atoms with Gasteiger partial charge in [-0.15, -0.1) is 0 Å². The van der Waals surface area contributed by atoms with Crippen molar-refractivity contribution in [2.24, 2.45) is 0 Å². The third-order valence-corrected chi connectivity index (χ3v) is 2.29. The molecule has 18 heavy (non-hydrogen) atoms. The first-order valence-corrected chi connectivity index (χ1v) is 5.18. The molecular formula is C10H9ClF2N2O3. The molecule has 0 spiro atoms. The van der Waals surface area contributed by atoms with Crippen LogP contribution in [0.3, 0.4) is 0 Å². The van der Waals surface area contributed by atoms with E-state index in [1.807, 2.05) is 5.32 Å². The number of benzene rings is 1. The van der Waals surface area contributed by atoms with Crippen LogP contribution in [0.25, 0.3) is 0 Å². The predicted molar refractivity (Wildman–Crippen MR) is 61.1 cm³/mol. The van der Waals surface area contributed by atoms with Crippen LogP contribution < -0.4 is 5.32 Å². The summed E-state index contributed by atoms with van der Waals surface area (Å²) in [6.07, 6.45) is 0. The minimum absolute atomic E-state index is 0.0440. The molecule has 8 heteroatoms. The molecule has 0 radical (unpaired) electrons. The van der Waals surface area contributed by atoms with Gasteiger partial charge in [-0.1, -0.05) is 11.6 Å². The van der Waals surface area contributed by atoms with E-state index in [4.69, 9.17) is 11.6 Å². The van der Waals surface area contributed by atoms with Gasteiger partial charge in [-0.2, -0.15) is 0 Å². The summed E-state index contributed by atoms with van der Waals surface area (Å²) in [5.74, 6) is -3.95. The summed E-state index contributed by atoms with van der Waals surface area (Å²) in [6, 6.07) is 3.22. The van der Waals surface area contributed by atoms with E-state index in [1.165, 1.54) is 6.07 Å². The van der Waals surface area contributed by atoms with Crippen LogP contribution in [0.15, 0.2) is 18.2 Å². The highest BCUT2D eigenvalue weighted by molar-refractivity contribution is 6.33. The van der Waals surface area contributed by atoms with Crippen LogP contribution in [-0.2, 0) is 0 Å². The Balaban J connectivity index is 2.91. The van der Waals surface area contributed by atoms with E-state index < -0.39 is 23.3 Å². The molecule has 0 aromatic heterocycles. The van der Waals surface area contributed by atoms with Gasteiger partial charge in [0.1, 0.15) is 0 Å². The van der Waals surface area contributed by atoms with E-state index in [2.05, 4.69) is 0 Å². The Morgan fingerprint density at radius 2 is 2.17 bits per heavy atom. The minimum atomic E-state index is -3.07. The maximum absolute atomic E-state index is 12.6. The summed E-state index contributed by atoms with van der Waals surface area (Å²) in [5, 5.41) is 12.4. The minimum Gasteiger partial charge on any atom is -0.346 e. The smallest absolute Gasteiger partial charge is 0.270 e. The Morgan fingerprint density at radius 3 is 2.67 bits per heavy atom. The summed E-state index contributed by atoms with van der Waals surface area (Å²) in [6.45, 7) is -0.229. The predicted octanol–water partition coefficient (Wildman–Crippen LogP) is 2.63. The fourth-order valence-electron chi connectivity index (χ4n) is 1.13. The number of nitrogens with zero attached hydrogens (tertiary/aromatic N) is 1. The molecule has 1 aromatic carbocycles. The zero-order chi connectivity index (χ0) is 13.9. The summed E-state index contributed by atoms with van der Waals surface area (Å²) < 4.78 is 25.1. The van der Waals surface area contributed by atoms with Gasteiger partial charge in [-0.05, 0) is 6.07 Å². The zero-order valence-electron chi connectivity index (χ0n) is 9.25. The maximum Gasteiger partial charge on any atom is 0.270 e. The van der Waals surface area contributed by atoms with E-state index in [1.54, 1.807) is 0 Å². The van der Waals surface area contributed by atoms with E-state index in [0.717, 1.165) is 12.1 Å². The highest BCUT2D eigenvalue weighted by Crippen LogP contribution is 2.22. The first-order chi connectivity index (χ1) is 8.20. The Hall–Kier alpha value is -1.76. The topological polar surface area (TPSA) is 72.2 Å². The summed E-state index contributed by atoms with van der Waals surface area (Å²) in [7, 11) is 0. The number of carbonyl (C=O) groups is 1. The molecule has 0 unspecified atom stereocenters. The van der Waals surface area contributed by atoms with Gasteiger partial charge in [0.2, 0.25) is 0 Å². The van der Waals surface area contributed by atoms with Gasteiger partial charge in [-0.25, -0.2) is 8.78 Å². The lowest BCUT2D eigenvalue weighted by molar-refractivity contribution is -0.384. The van der Waals surface area contributed by atoms with Gasteiger partial charge in [0.05, 0.1) is 22.1 Å². The molecule has 0 bridgehead atoms. The van der Waals surface area contributed by atoms with Gasteiger partial charge in [0.25, 0.3) is 17.5 Å². The second-order valence-corrected chi connectivity index (χ2v) is 4.08. The Bertz CT molecular complexity index is 489. The average Bonchev–Trinajstić information content (AvgIpc) is 2.25. The van der Waals surface area contributed by atoms with Crippen molar-refractivity contribution in [3.05, 3.63) is 38.9 Å². The number of nitro benzene ring substituents is 1. The molecule has 0 saturated heterocycles. The van der Waals surface area contributed by atoms with Crippen LogP contribution in [0.2, 0.25) is 5.02 Å². The first-order valence-electron chi connectivity index (χ1n) is 4.80. The number of nitrogens with one attached hydrogen (secondary N) is 1. The largest absolute Gasteiger partial charge is 0.346 e. The first kappa shape index (κ1) is 14.3. The van der Waals surface area contributed by atoms with Crippen molar-refractivity contribution in [1.82, 2.24) is 5.32 Å². The lowest BCUT2D eigenvalue weighted by Gasteiger charge is -2.11. The monoisotopic (exact) mass is 278 g/mol. The van der Waals surface area contributed by atoms with Gasteiger partial charge >= 0.3 is 0 Å². The Labute approximate surface area is 106 Å². The Morgan fingerprint density at radius 1 is 1.56 bits per heavy atom. The quantitative estimate of drug-likeness (QED) is 0.680. The fourth-order valence-corrected chi connectivity index (χ4v) is 1.33. The van der Waals surface area contributed by atoms with E-state index in [9.17, 15) is 23.7 Å². The third kappa shape index (κ3) is 3.92.